The lowest BCUT2D eigenvalue weighted by Crippen LogP contribution is -2.29. The molecule has 6 nitrogen and oxygen atoms in total. The fourth-order valence-corrected chi connectivity index (χ4v) is 2.26. The van der Waals surface area contributed by atoms with Crippen molar-refractivity contribution in [2.75, 3.05) is 18.9 Å². The van der Waals surface area contributed by atoms with Crippen molar-refractivity contribution in [2.24, 2.45) is 0 Å². The molecule has 1 aromatic carbocycles. The van der Waals surface area contributed by atoms with Gasteiger partial charge in [-0.15, -0.1) is 0 Å². The second kappa shape index (κ2) is 7.69. The molecule has 23 heavy (non-hydrogen) atoms. The molecule has 122 valence electrons. The first kappa shape index (κ1) is 16.9. The Kier molecular flexibility index (Phi) is 5.65. The lowest BCUT2D eigenvalue weighted by molar-refractivity contribution is -0.117. The third-order valence-corrected chi connectivity index (χ3v) is 3.45. The molecule has 0 radical (unpaired) electrons. The zero-order valence-corrected chi connectivity index (χ0v) is 13.7. The van der Waals surface area contributed by atoms with Crippen molar-refractivity contribution in [1.82, 2.24) is 14.7 Å². The number of likely N-dealkylation sites (N-methyl/N-ethyl adjacent to an activating group) is 1. The van der Waals surface area contributed by atoms with Gasteiger partial charge in [0.25, 0.3) is 0 Å². The number of aryl methyl sites for hydroxylation is 1. The first-order valence-corrected chi connectivity index (χ1v) is 7.58. The van der Waals surface area contributed by atoms with Gasteiger partial charge in [0.05, 0.1) is 12.7 Å². The maximum Gasteiger partial charge on any atom is 0.238 e. The Morgan fingerprint density at radius 1 is 1.26 bits per heavy atom. The summed E-state index contributed by atoms with van der Waals surface area (Å²) >= 11 is 0. The normalized spacial score (nSPS) is 10.8. The van der Waals surface area contributed by atoms with E-state index in [9.17, 15) is 9.59 Å². The molecule has 0 bridgehead atoms. The number of nitrogens with one attached hydrogen (secondary N) is 1. The van der Waals surface area contributed by atoms with E-state index in [1.165, 1.54) is 6.92 Å². The quantitative estimate of drug-likeness (QED) is 0.795. The Hall–Kier alpha value is -2.47. The highest BCUT2D eigenvalue weighted by Crippen LogP contribution is 2.10. The molecule has 1 amide bonds. The highest BCUT2D eigenvalue weighted by atomic mass is 16.2. The number of carbonyl (C=O) groups excluding carboxylic acids is 2. The van der Waals surface area contributed by atoms with Gasteiger partial charge in [-0.25, -0.2) is 0 Å². The van der Waals surface area contributed by atoms with Crippen molar-refractivity contribution in [1.29, 1.82) is 0 Å². The predicted octanol–water partition coefficient (Wildman–Crippen LogP) is 2.18. The summed E-state index contributed by atoms with van der Waals surface area (Å²) in [5.41, 5.74) is 2.40. The van der Waals surface area contributed by atoms with Crippen LogP contribution in [0.2, 0.25) is 0 Å². The predicted molar refractivity (Wildman–Crippen MR) is 89.3 cm³/mol. The zero-order chi connectivity index (χ0) is 16.8. The minimum Gasteiger partial charge on any atom is -0.325 e. The van der Waals surface area contributed by atoms with Gasteiger partial charge in [0, 0.05) is 36.1 Å². The summed E-state index contributed by atoms with van der Waals surface area (Å²) in [6, 6.07) is 6.89. The number of benzene rings is 1. The smallest absolute Gasteiger partial charge is 0.238 e. The highest BCUT2D eigenvalue weighted by Gasteiger charge is 2.09. The summed E-state index contributed by atoms with van der Waals surface area (Å²) in [6.07, 6.45) is 3.80. The molecule has 1 N–H and O–H groups in total. The third-order valence-electron chi connectivity index (χ3n) is 3.45. The summed E-state index contributed by atoms with van der Waals surface area (Å²) in [6.45, 7) is 5.33. The van der Waals surface area contributed by atoms with Crippen LogP contribution < -0.4 is 5.32 Å². The van der Waals surface area contributed by atoms with Crippen LogP contribution in [0.15, 0.2) is 36.7 Å². The lowest BCUT2D eigenvalue weighted by Gasteiger charge is -2.15. The van der Waals surface area contributed by atoms with E-state index < -0.39 is 0 Å². The molecule has 6 heteroatoms. The summed E-state index contributed by atoms with van der Waals surface area (Å²) in [7, 11) is 1.89. The molecule has 0 spiro atoms. The van der Waals surface area contributed by atoms with Crippen LogP contribution in [-0.4, -0.2) is 40.0 Å². The molecule has 1 heterocycles. The summed E-state index contributed by atoms with van der Waals surface area (Å²) in [5.74, 6) is -0.0822. The molecule has 0 fully saturated rings. The molecule has 0 saturated carbocycles. The number of ketones is 1. The highest BCUT2D eigenvalue weighted by molar-refractivity contribution is 5.96. The van der Waals surface area contributed by atoms with Crippen LogP contribution in [0.1, 0.15) is 29.8 Å². The van der Waals surface area contributed by atoms with Gasteiger partial charge >= 0.3 is 0 Å². The molecule has 2 rings (SSSR count). The molecule has 2 aromatic rings. The minimum atomic E-state index is -0.0917. The van der Waals surface area contributed by atoms with Crippen molar-refractivity contribution >= 4 is 17.4 Å². The van der Waals surface area contributed by atoms with E-state index >= 15 is 0 Å². The molecule has 0 aliphatic carbocycles. The summed E-state index contributed by atoms with van der Waals surface area (Å²) in [4.78, 5) is 25.2. The van der Waals surface area contributed by atoms with Crippen molar-refractivity contribution in [2.45, 2.75) is 26.9 Å². The van der Waals surface area contributed by atoms with Crippen molar-refractivity contribution in [3.8, 4) is 0 Å². The van der Waals surface area contributed by atoms with Gasteiger partial charge in [-0.05, 0) is 45.2 Å². The van der Waals surface area contributed by atoms with E-state index in [4.69, 9.17) is 0 Å². The van der Waals surface area contributed by atoms with Gasteiger partial charge in [-0.1, -0.05) is 0 Å². The van der Waals surface area contributed by atoms with E-state index in [1.54, 1.807) is 24.3 Å². The van der Waals surface area contributed by atoms with Crippen molar-refractivity contribution in [3.63, 3.8) is 0 Å². The van der Waals surface area contributed by atoms with Gasteiger partial charge in [-0.2, -0.15) is 5.10 Å². The van der Waals surface area contributed by atoms with E-state index in [1.807, 2.05) is 35.9 Å². The van der Waals surface area contributed by atoms with Crippen LogP contribution in [0, 0.1) is 0 Å². The average Bonchev–Trinajstić information content (AvgIpc) is 2.95. The number of hydrogen-bond acceptors (Lipinski definition) is 4. The second-order valence-corrected chi connectivity index (χ2v) is 5.56. The number of Topliss-reactive ketones (excluding diaryl/α,β-unsaturated/α-hetero) is 1. The second-order valence-electron chi connectivity index (χ2n) is 5.56. The zero-order valence-electron chi connectivity index (χ0n) is 13.7. The Labute approximate surface area is 136 Å². The Bertz CT molecular complexity index is 676. The molecule has 0 unspecified atom stereocenters. The molecule has 0 aliphatic rings. The van der Waals surface area contributed by atoms with Crippen LogP contribution >= 0.6 is 0 Å². The van der Waals surface area contributed by atoms with Crippen molar-refractivity contribution in [3.05, 3.63) is 47.8 Å². The van der Waals surface area contributed by atoms with Crippen LogP contribution in [0.25, 0.3) is 0 Å². The minimum absolute atomic E-state index is 0.00948. The van der Waals surface area contributed by atoms with Gasteiger partial charge in [-0.3, -0.25) is 19.2 Å². The van der Waals surface area contributed by atoms with E-state index in [-0.39, 0.29) is 18.2 Å². The molecular weight excluding hydrogens is 292 g/mol. The topological polar surface area (TPSA) is 67.2 Å². The Morgan fingerprint density at radius 3 is 2.52 bits per heavy atom. The van der Waals surface area contributed by atoms with Gasteiger partial charge in [0.15, 0.2) is 5.78 Å². The summed E-state index contributed by atoms with van der Waals surface area (Å²) < 4.78 is 1.86. The average molecular weight is 314 g/mol. The van der Waals surface area contributed by atoms with Gasteiger partial charge in [0.2, 0.25) is 5.91 Å². The first-order chi connectivity index (χ1) is 11.0. The number of anilines is 1. The number of rotatable bonds is 7. The summed E-state index contributed by atoms with van der Waals surface area (Å²) in [5, 5.41) is 7.05. The molecule has 1 aromatic heterocycles. The fraction of sp³-hybridized carbons (Fsp3) is 0.353. The van der Waals surface area contributed by atoms with Gasteiger partial charge < -0.3 is 5.32 Å². The Balaban J connectivity index is 1.84. The fourth-order valence-electron chi connectivity index (χ4n) is 2.26. The molecule has 0 saturated heterocycles. The Morgan fingerprint density at radius 2 is 1.96 bits per heavy atom. The largest absolute Gasteiger partial charge is 0.325 e. The number of hydrogen-bond donors (Lipinski definition) is 1. The van der Waals surface area contributed by atoms with Crippen LogP contribution in [0.4, 0.5) is 5.69 Å². The standard InChI is InChI=1S/C17H22N4O2/c1-4-21-11-14(9-18-21)10-20(3)12-17(23)19-16-7-5-15(6-8-16)13(2)22/h5-9,11H,4,10,12H2,1-3H3,(H,19,23). The van der Waals surface area contributed by atoms with E-state index in [2.05, 4.69) is 10.4 Å². The third kappa shape index (κ3) is 5.03. The maximum absolute atomic E-state index is 12.1. The maximum atomic E-state index is 12.1. The van der Waals surface area contributed by atoms with Crippen molar-refractivity contribution < 1.29 is 9.59 Å². The monoisotopic (exact) mass is 314 g/mol. The lowest BCUT2D eigenvalue weighted by atomic mass is 10.1. The van der Waals surface area contributed by atoms with Crippen LogP contribution in [0.3, 0.4) is 0 Å². The molecular formula is C17H22N4O2. The van der Waals surface area contributed by atoms with Gasteiger partial charge in [0.1, 0.15) is 0 Å². The van der Waals surface area contributed by atoms with E-state index in [0.717, 1.165) is 12.1 Å². The molecule has 0 aliphatic heterocycles. The molecule has 0 atom stereocenters. The SMILES string of the molecule is CCn1cc(CN(C)CC(=O)Nc2ccc(C(C)=O)cc2)cn1. The number of carbonyl (C=O) groups is 2. The first-order valence-electron chi connectivity index (χ1n) is 7.58. The number of amides is 1. The van der Waals surface area contributed by atoms with Crippen LogP contribution in [-0.2, 0) is 17.9 Å². The van der Waals surface area contributed by atoms with Crippen LogP contribution in [0.5, 0.6) is 0 Å². The van der Waals surface area contributed by atoms with E-state index in [0.29, 0.717) is 17.8 Å². The number of nitrogens with zero attached hydrogens (tertiary/aromatic N) is 3. The number of aromatic nitrogens is 2.